The number of benzene rings is 1. The molecule has 1 aromatic carbocycles. The van der Waals surface area contributed by atoms with Crippen molar-refractivity contribution in [2.45, 2.75) is 26.7 Å². The van der Waals surface area contributed by atoms with Crippen LogP contribution in [0.1, 0.15) is 37.9 Å². The van der Waals surface area contributed by atoms with Crippen LogP contribution < -0.4 is 10.5 Å². The van der Waals surface area contributed by atoms with Crippen LogP contribution in [-0.2, 0) is 10.0 Å². The van der Waals surface area contributed by atoms with Gasteiger partial charge < -0.3 is 4.42 Å². The molecule has 9 heteroatoms. The first kappa shape index (κ1) is 17.7. The Kier molecular flexibility index (Phi) is 4.80. The molecule has 7 nitrogen and oxygen atoms in total. The number of oxazole rings is 1. The fourth-order valence-corrected chi connectivity index (χ4v) is 2.75. The van der Waals surface area contributed by atoms with Crippen molar-refractivity contribution < 1.29 is 17.2 Å². The maximum absolute atomic E-state index is 14.4. The number of sulfonamides is 1. The lowest BCUT2D eigenvalue weighted by molar-refractivity contribution is 0.500. The minimum atomic E-state index is -3.67. The highest BCUT2D eigenvalue weighted by Gasteiger charge is 2.20. The SMILES string of the molecule is CCS(=O)(=O)Nc1cc(-n2c(C(C)C)coc2=O)c(F)cc1C#N. The topological polar surface area (TPSA) is 105 Å². The quantitative estimate of drug-likeness (QED) is 0.888. The van der Waals surface area contributed by atoms with E-state index in [0.717, 1.165) is 16.7 Å². The van der Waals surface area contributed by atoms with Gasteiger partial charge >= 0.3 is 5.76 Å². The summed E-state index contributed by atoms with van der Waals surface area (Å²) in [6.07, 6.45) is 1.22. The lowest BCUT2D eigenvalue weighted by atomic mass is 10.1. The van der Waals surface area contributed by atoms with Gasteiger partial charge in [0.25, 0.3) is 0 Å². The van der Waals surface area contributed by atoms with Gasteiger partial charge in [-0.3, -0.25) is 4.72 Å². The standard InChI is InChI=1S/C15H16FN3O4S/c1-4-24(21,22)18-12-6-13(11(16)5-10(12)7-17)19-14(9(2)3)8-23-15(19)20/h5-6,8-9,18H,4H2,1-3H3. The van der Waals surface area contributed by atoms with E-state index in [1.165, 1.54) is 13.2 Å². The third-order valence-corrected chi connectivity index (χ3v) is 4.70. The van der Waals surface area contributed by atoms with Crippen molar-refractivity contribution in [2.75, 3.05) is 10.5 Å². The number of hydrogen-bond donors (Lipinski definition) is 1. The Balaban J connectivity index is 2.72. The molecule has 0 spiro atoms. The van der Waals surface area contributed by atoms with Crippen LogP contribution in [0.4, 0.5) is 10.1 Å². The molecule has 128 valence electrons. The summed E-state index contributed by atoms with van der Waals surface area (Å²) in [6.45, 7) is 5.02. The maximum atomic E-state index is 14.4. The third kappa shape index (κ3) is 3.33. The zero-order valence-electron chi connectivity index (χ0n) is 13.3. The van der Waals surface area contributed by atoms with Gasteiger partial charge in [-0.2, -0.15) is 5.26 Å². The largest absolute Gasteiger partial charge is 0.423 e. The summed E-state index contributed by atoms with van der Waals surface area (Å²) in [6, 6.07) is 3.73. The second-order valence-corrected chi connectivity index (χ2v) is 7.39. The zero-order valence-corrected chi connectivity index (χ0v) is 14.1. The summed E-state index contributed by atoms with van der Waals surface area (Å²) in [7, 11) is -3.67. The lowest BCUT2D eigenvalue weighted by Gasteiger charge is -2.13. The average molecular weight is 353 g/mol. The smallest absolute Gasteiger partial charge is 0.416 e. The molecule has 0 aliphatic heterocycles. The highest BCUT2D eigenvalue weighted by Crippen LogP contribution is 2.26. The first-order valence-electron chi connectivity index (χ1n) is 7.15. The first-order chi connectivity index (χ1) is 11.2. The Labute approximate surface area is 138 Å². The van der Waals surface area contributed by atoms with Crippen LogP contribution in [0.25, 0.3) is 5.69 Å². The Bertz CT molecular complexity index is 968. The number of anilines is 1. The number of hydrogen-bond acceptors (Lipinski definition) is 5. The van der Waals surface area contributed by atoms with Gasteiger partial charge in [0.1, 0.15) is 18.1 Å². The predicted molar refractivity (Wildman–Crippen MR) is 86.2 cm³/mol. The molecule has 0 fully saturated rings. The first-order valence-corrected chi connectivity index (χ1v) is 8.80. The molecule has 0 saturated carbocycles. The number of nitriles is 1. The Morgan fingerprint density at radius 1 is 1.42 bits per heavy atom. The van der Waals surface area contributed by atoms with E-state index in [4.69, 9.17) is 9.68 Å². The Morgan fingerprint density at radius 2 is 2.08 bits per heavy atom. The van der Waals surface area contributed by atoms with Crippen molar-refractivity contribution in [1.29, 1.82) is 5.26 Å². The molecule has 0 aliphatic rings. The normalized spacial score (nSPS) is 11.5. The van der Waals surface area contributed by atoms with Gasteiger partial charge in [0.05, 0.1) is 28.4 Å². The van der Waals surface area contributed by atoms with Gasteiger partial charge in [-0.15, -0.1) is 0 Å². The summed E-state index contributed by atoms with van der Waals surface area (Å²) in [4.78, 5) is 11.9. The molecule has 1 heterocycles. The molecule has 2 aromatic rings. The van der Waals surface area contributed by atoms with Gasteiger partial charge in [-0.05, 0) is 25.0 Å². The van der Waals surface area contributed by atoms with Crippen LogP contribution in [0.5, 0.6) is 0 Å². The van der Waals surface area contributed by atoms with Crippen molar-refractivity contribution in [1.82, 2.24) is 4.57 Å². The van der Waals surface area contributed by atoms with E-state index >= 15 is 0 Å². The Morgan fingerprint density at radius 3 is 2.62 bits per heavy atom. The van der Waals surface area contributed by atoms with E-state index < -0.39 is 21.6 Å². The van der Waals surface area contributed by atoms with Crippen LogP contribution in [0.2, 0.25) is 0 Å². The van der Waals surface area contributed by atoms with E-state index in [2.05, 4.69) is 4.72 Å². The molecule has 24 heavy (non-hydrogen) atoms. The van der Waals surface area contributed by atoms with Gasteiger partial charge in [-0.1, -0.05) is 13.8 Å². The molecule has 0 aliphatic carbocycles. The van der Waals surface area contributed by atoms with Crippen molar-refractivity contribution in [3.8, 4) is 11.8 Å². The van der Waals surface area contributed by atoms with Crippen LogP contribution in [0.3, 0.4) is 0 Å². The lowest BCUT2D eigenvalue weighted by Crippen LogP contribution is -2.19. The summed E-state index contributed by atoms with van der Waals surface area (Å²) in [5.41, 5.74) is -0.0485. The predicted octanol–water partition coefficient (Wildman–Crippen LogP) is 2.33. The van der Waals surface area contributed by atoms with E-state index in [9.17, 15) is 17.6 Å². The fraction of sp³-hybridized carbons (Fsp3) is 0.333. The number of rotatable bonds is 5. The average Bonchev–Trinajstić information content (AvgIpc) is 2.90. The van der Waals surface area contributed by atoms with Crippen LogP contribution >= 0.6 is 0 Å². The van der Waals surface area contributed by atoms with Crippen LogP contribution in [0.15, 0.2) is 27.6 Å². The van der Waals surface area contributed by atoms with E-state index in [1.807, 2.05) is 0 Å². The summed E-state index contributed by atoms with van der Waals surface area (Å²) in [5.74, 6) is -1.99. The zero-order chi connectivity index (χ0) is 18.1. The van der Waals surface area contributed by atoms with E-state index in [-0.39, 0.29) is 28.6 Å². The molecule has 0 amide bonds. The number of nitrogens with one attached hydrogen (secondary N) is 1. The summed E-state index contributed by atoms with van der Waals surface area (Å²) >= 11 is 0. The summed E-state index contributed by atoms with van der Waals surface area (Å²) < 4.78 is 46.0. The fourth-order valence-electron chi connectivity index (χ4n) is 2.10. The minimum absolute atomic E-state index is 0.0986. The van der Waals surface area contributed by atoms with E-state index in [1.54, 1.807) is 19.9 Å². The molecule has 0 unspecified atom stereocenters. The van der Waals surface area contributed by atoms with Gasteiger partial charge in [-0.25, -0.2) is 22.2 Å². The van der Waals surface area contributed by atoms with Gasteiger partial charge in [0, 0.05) is 0 Å². The van der Waals surface area contributed by atoms with Gasteiger partial charge in [0.2, 0.25) is 10.0 Å². The molecule has 0 radical (unpaired) electrons. The molecule has 0 atom stereocenters. The molecule has 0 saturated heterocycles. The Hall–Kier alpha value is -2.60. The number of halogens is 1. The summed E-state index contributed by atoms with van der Waals surface area (Å²) in [5, 5.41) is 9.09. The van der Waals surface area contributed by atoms with Gasteiger partial charge in [0.15, 0.2) is 0 Å². The molecule has 1 aromatic heterocycles. The third-order valence-electron chi connectivity index (χ3n) is 3.41. The van der Waals surface area contributed by atoms with Crippen molar-refractivity contribution in [3.05, 3.63) is 46.0 Å². The molecular weight excluding hydrogens is 337 g/mol. The highest BCUT2D eigenvalue weighted by molar-refractivity contribution is 7.92. The minimum Gasteiger partial charge on any atom is -0.416 e. The molecule has 0 bridgehead atoms. The second kappa shape index (κ2) is 6.49. The number of aromatic nitrogens is 1. The van der Waals surface area contributed by atoms with E-state index in [0.29, 0.717) is 5.69 Å². The van der Waals surface area contributed by atoms with Crippen molar-refractivity contribution >= 4 is 15.7 Å². The molecule has 1 N–H and O–H groups in total. The van der Waals surface area contributed by atoms with Crippen LogP contribution in [0, 0.1) is 17.1 Å². The molecular formula is C15H16FN3O4S. The van der Waals surface area contributed by atoms with Crippen molar-refractivity contribution in [2.24, 2.45) is 0 Å². The maximum Gasteiger partial charge on any atom is 0.423 e. The molecule has 2 rings (SSSR count). The second-order valence-electron chi connectivity index (χ2n) is 5.38. The highest BCUT2D eigenvalue weighted by atomic mass is 32.2. The van der Waals surface area contributed by atoms with Crippen molar-refractivity contribution in [3.63, 3.8) is 0 Å². The number of nitrogens with zero attached hydrogens (tertiary/aromatic N) is 2. The monoisotopic (exact) mass is 353 g/mol. The van der Waals surface area contributed by atoms with Crippen LogP contribution in [-0.4, -0.2) is 18.7 Å².